The molecule has 5 saturated carbocycles. The predicted octanol–water partition coefficient (Wildman–Crippen LogP) is 3.10. The van der Waals surface area contributed by atoms with Gasteiger partial charge in [0.25, 0.3) is 0 Å². The molecule has 7 atom stereocenters. The Labute approximate surface area is 139 Å². The van der Waals surface area contributed by atoms with Crippen LogP contribution in [-0.2, 0) is 4.79 Å². The van der Waals surface area contributed by atoms with Gasteiger partial charge in [0.1, 0.15) is 6.10 Å². The van der Waals surface area contributed by atoms with Crippen LogP contribution in [0.5, 0.6) is 0 Å². The van der Waals surface area contributed by atoms with E-state index < -0.39 is 6.10 Å². The van der Waals surface area contributed by atoms with E-state index in [0.29, 0.717) is 11.8 Å². The average molecular weight is 318 g/mol. The monoisotopic (exact) mass is 318 g/mol. The molecule has 2 N–H and O–H groups in total. The van der Waals surface area contributed by atoms with E-state index in [1.165, 1.54) is 0 Å². The van der Waals surface area contributed by atoms with Gasteiger partial charge in [-0.2, -0.15) is 0 Å². The van der Waals surface area contributed by atoms with Gasteiger partial charge in [-0.05, 0) is 61.2 Å². The van der Waals surface area contributed by atoms with Gasteiger partial charge in [-0.3, -0.25) is 4.79 Å². The molecular weight excluding hydrogens is 288 g/mol. The van der Waals surface area contributed by atoms with Crippen LogP contribution < -0.4 is 0 Å². The number of hydrogen-bond acceptors (Lipinski definition) is 3. The highest BCUT2D eigenvalue weighted by Gasteiger charge is 2.68. The molecule has 0 aromatic rings. The SMILES string of the molecule is C=C1C[C@@]23CC[C@@H]4C(C)(C)[C@H](O)CC[C@@]4(C)[C@@H]2C[C@@H]1C(O)C3=O. The van der Waals surface area contributed by atoms with Gasteiger partial charge in [0, 0.05) is 11.3 Å². The molecule has 1 unspecified atom stereocenters. The topological polar surface area (TPSA) is 57.5 Å². The normalized spacial score (nSPS) is 54.6. The molecule has 128 valence electrons. The fraction of sp³-hybridized carbons (Fsp3) is 0.850. The Morgan fingerprint density at radius 3 is 2.48 bits per heavy atom. The van der Waals surface area contributed by atoms with Crippen molar-refractivity contribution in [3.05, 3.63) is 12.2 Å². The van der Waals surface area contributed by atoms with Crippen molar-refractivity contribution in [2.24, 2.45) is 34.0 Å². The quantitative estimate of drug-likeness (QED) is 0.675. The first-order valence-electron chi connectivity index (χ1n) is 9.23. The van der Waals surface area contributed by atoms with Crippen molar-refractivity contribution < 1.29 is 15.0 Å². The number of ketones is 1. The lowest BCUT2D eigenvalue weighted by atomic mass is 9.36. The fourth-order valence-corrected chi connectivity index (χ4v) is 7.28. The maximum atomic E-state index is 13.0. The number of fused-ring (bicyclic) bond motifs is 3. The van der Waals surface area contributed by atoms with Crippen LogP contribution in [0.25, 0.3) is 0 Å². The Bertz CT molecular complexity index is 579. The van der Waals surface area contributed by atoms with E-state index in [1.807, 2.05) is 0 Å². The highest BCUT2D eigenvalue weighted by molar-refractivity contribution is 5.92. The standard InChI is InChI=1S/C20H30O3/c1-11-10-20-8-5-13-18(2,3)15(21)6-7-19(13,4)14(20)9-12(11)16(22)17(20)23/h12-16,21-22H,1,5-10H2,2-4H3/t12-,13+,14-,15+,16?,19+,20-/m0/s1. The molecule has 5 fully saturated rings. The number of aliphatic hydroxyl groups is 2. The molecule has 0 amide bonds. The number of Topliss-reactive ketones (excluding diaryl/α,β-unsaturated/α-hetero) is 1. The zero-order chi connectivity index (χ0) is 16.8. The van der Waals surface area contributed by atoms with Gasteiger partial charge in [-0.1, -0.05) is 32.9 Å². The zero-order valence-corrected chi connectivity index (χ0v) is 14.6. The number of carbonyl (C=O) groups is 1. The van der Waals surface area contributed by atoms with Crippen molar-refractivity contribution in [3.63, 3.8) is 0 Å². The summed E-state index contributed by atoms with van der Waals surface area (Å²) in [5.74, 6) is 0.841. The molecule has 2 bridgehead atoms. The zero-order valence-electron chi connectivity index (χ0n) is 14.6. The van der Waals surface area contributed by atoms with Crippen molar-refractivity contribution >= 4 is 5.78 Å². The molecule has 3 heteroatoms. The summed E-state index contributed by atoms with van der Waals surface area (Å²) in [6.07, 6.45) is 4.28. The number of rotatable bonds is 0. The molecular formula is C20H30O3. The van der Waals surface area contributed by atoms with Gasteiger partial charge < -0.3 is 10.2 Å². The third-order valence-electron chi connectivity index (χ3n) is 8.55. The van der Waals surface area contributed by atoms with Gasteiger partial charge in [-0.15, -0.1) is 0 Å². The maximum absolute atomic E-state index is 13.0. The lowest BCUT2D eigenvalue weighted by Gasteiger charge is -2.68. The Balaban J connectivity index is 1.80. The van der Waals surface area contributed by atoms with Crippen LogP contribution in [0.2, 0.25) is 0 Å². The molecule has 5 aliphatic rings. The van der Waals surface area contributed by atoms with Crippen molar-refractivity contribution in [1.82, 2.24) is 0 Å². The fourth-order valence-electron chi connectivity index (χ4n) is 7.28. The maximum Gasteiger partial charge on any atom is 0.168 e. The van der Waals surface area contributed by atoms with E-state index in [4.69, 9.17) is 0 Å². The highest BCUT2D eigenvalue weighted by atomic mass is 16.3. The molecule has 0 aliphatic heterocycles. The van der Waals surface area contributed by atoms with E-state index >= 15 is 0 Å². The highest BCUT2D eigenvalue weighted by Crippen LogP contribution is 2.70. The van der Waals surface area contributed by atoms with Crippen molar-refractivity contribution in [3.8, 4) is 0 Å². The minimum absolute atomic E-state index is 0.0417. The van der Waals surface area contributed by atoms with Crippen molar-refractivity contribution in [1.29, 1.82) is 0 Å². The summed E-state index contributed by atoms with van der Waals surface area (Å²) >= 11 is 0. The second-order valence-corrected chi connectivity index (χ2v) is 9.67. The summed E-state index contributed by atoms with van der Waals surface area (Å²) in [6.45, 7) is 10.9. The van der Waals surface area contributed by atoms with Gasteiger partial charge in [-0.25, -0.2) is 0 Å². The summed E-state index contributed by atoms with van der Waals surface area (Å²) in [5.41, 5.74) is 0.708. The first-order valence-corrected chi connectivity index (χ1v) is 9.23. The molecule has 1 spiro atoms. The predicted molar refractivity (Wildman–Crippen MR) is 88.7 cm³/mol. The van der Waals surface area contributed by atoms with Crippen LogP contribution in [0.15, 0.2) is 12.2 Å². The van der Waals surface area contributed by atoms with Gasteiger partial charge >= 0.3 is 0 Å². The van der Waals surface area contributed by atoms with Crippen LogP contribution in [0, 0.1) is 34.0 Å². The first kappa shape index (κ1) is 15.8. The molecule has 5 rings (SSSR count). The number of aliphatic hydroxyl groups excluding tert-OH is 2. The Morgan fingerprint density at radius 1 is 1.09 bits per heavy atom. The molecule has 0 aromatic heterocycles. The van der Waals surface area contributed by atoms with E-state index in [9.17, 15) is 15.0 Å². The third kappa shape index (κ3) is 1.71. The van der Waals surface area contributed by atoms with Crippen LogP contribution in [-0.4, -0.2) is 28.2 Å². The van der Waals surface area contributed by atoms with E-state index in [0.717, 1.165) is 44.1 Å². The van der Waals surface area contributed by atoms with Gasteiger partial charge in [0.2, 0.25) is 0 Å². The molecule has 0 aromatic carbocycles. The van der Waals surface area contributed by atoms with Crippen LogP contribution >= 0.6 is 0 Å². The Morgan fingerprint density at radius 2 is 1.78 bits per heavy atom. The van der Waals surface area contributed by atoms with E-state index in [-0.39, 0.29) is 34.1 Å². The minimum Gasteiger partial charge on any atom is -0.393 e. The van der Waals surface area contributed by atoms with Crippen molar-refractivity contribution in [2.75, 3.05) is 0 Å². The Kier molecular flexibility index (Phi) is 3.09. The average Bonchev–Trinajstić information content (AvgIpc) is 2.48. The third-order valence-corrected chi connectivity index (χ3v) is 8.55. The second kappa shape index (κ2) is 4.49. The smallest absolute Gasteiger partial charge is 0.168 e. The molecule has 0 radical (unpaired) electrons. The minimum atomic E-state index is -0.824. The number of hydrogen-bond donors (Lipinski definition) is 2. The summed E-state index contributed by atoms with van der Waals surface area (Å²) in [5, 5.41) is 21.0. The number of carbonyl (C=O) groups excluding carboxylic acids is 1. The molecule has 23 heavy (non-hydrogen) atoms. The molecule has 3 nitrogen and oxygen atoms in total. The summed E-state index contributed by atoms with van der Waals surface area (Å²) in [6, 6.07) is 0. The summed E-state index contributed by atoms with van der Waals surface area (Å²) in [7, 11) is 0. The van der Waals surface area contributed by atoms with Crippen LogP contribution in [0.1, 0.15) is 59.3 Å². The molecule has 5 aliphatic carbocycles. The van der Waals surface area contributed by atoms with Crippen LogP contribution in [0.3, 0.4) is 0 Å². The van der Waals surface area contributed by atoms with E-state index in [2.05, 4.69) is 27.4 Å². The lowest BCUT2D eigenvalue weighted by Crippen LogP contribution is -2.67. The van der Waals surface area contributed by atoms with E-state index in [1.54, 1.807) is 0 Å². The molecule has 0 heterocycles. The Hall–Kier alpha value is -0.670. The summed E-state index contributed by atoms with van der Waals surface area (Å²) < 4.78 is 0. The second-order valence-electron chi connectivity index (χ2n) is 9.67. The summed E-state index contributed by atoms with van der Waals surface area (Å²) in [4.78, 5) is 13.0. The van der Waals surface area contributed by atoms with Crippen LogP contribution in [0.4, 0.5) is 0 Å². The van der Waals surface area contributed by atoms with Gasteiger partial charge in [0.05, 0.1) is 6.10 Å². The van der Waals surface area contributed by atoms with Gasteiger partial charge in [0.15, 0.2) is 5.78 Å². The van der Waals surface area contributed by atoms with Crippen molar-refractivity contribution in [2.45, 2.75) is 71.5 Å². The largest absolute Gasteiger partial charge is 0.393 e. The lowest BCUT2D eigenvalue weighted by molar-refractivity contribution is -0.207. The first-order chi connectivity index (χ1) is 10.6. The molecule has 0 saturated heterocycles.